The molecule has 1 heterocycles. The van der Waals surface area contributed by atoms with Gasteiger partial charge in [-0.05, 0) is 25.5 Å². The average Bonchev–Trinajstić information content (AvgIpc) is 2.51. The van der Waals surface area contributed by atoms with Crippen molar-refractivity contribution in [1.82, 2.24) is 9.80 Å². The summed E-state index contributed by atoms with van der Waals surface area (Å²) in [6.45, 7) is 6.09. The monoisotopic (exact) mass is 326 g/mol. The van der Waals surface area contributed by atoms with Gasteiger partial charge in [-0.3, -0.25) is 9.69 Å². The van der Waals surface area contributed by atoms with Crippen LogP contribution in [0.5, 0.6) is 0 Å². The topological polar surface area (TPSA) is 43.8 Å². The summed E-state index contributed by atoms with van der Waals surface area (Å²) in [5.41, 5.74) is 0.549. The highest BCUT2D eigenvalue weighted by atomic mass is 19.1. The predicted molar refractivity (Wildman–Crippen MR) is 84.3 cm³/mol. The summed E-state index contributed by atoms with van der Waals surface area (Å²) >= 11 is 0. The average molecular weight is 326 g/mol. The van der Waals surface area contributed by atoms with Crippen LogP contribution in [-0.2, 0) is 4.79 Å². The molecule has 0 bridgehead atoms. The summed E-state index contributed by atoms with van der Waals surface area (Å²) in [6.07, 6.45) is 1.61. The lowest BCUT2D eigenvalue weighted by Crippen LogP contribution is -2.47. The number of carboxylic acids is 1. The maximum atomic E-state index is 14.0. The molecule has 1 aromatic carbocycles. The molecule has 0 radical (unpaired) electrons. The maximum absolute atomic E-state index is 14.0. The van der Waals surface area contributed by atoms with Crippen LogP contribution in [0.2, 0.25) is 0 Å². The van der Waals surface area contributed by atoms with Gasteiger partial charge >= 0.3 is 5.97 Å². The van der Waals surface area contributed by atoms with Crippen molar-refractivity contribution in [3.05, 3.63) is 35.4 Å². The maximum Gasteiger partial charge on any atom is 0.303 e. The number of hydrogen-bond donors (Lipinski definition) is 1. The van der Waals surface area contributed by atoms with E-state index in [9.17, 15) is 13.6 Å². The summed E-state index contributed by atoms with van der Waals surface area (Å²) < 4.78 is 27.1. The minimum atomic E-state index is -0.763. The number of carbonyl (C=O) groups is 1. The molecule has 0 saturated carbocycles. The first kappa shape index (κ1) is 17.8. The van der Waals surface area contributed by atoms with Crippen LogP contribution in [0.25, 0.3) is 0 Å². The van der Waals surface area contributed by atoms with Crippen LogP contribution in [-0.4, -0.2) is 53.6 Å². The fraction of sp³-hybridized carbons (Fsp3) is 0.588. The molecular formula is C17H24F2N2O2. The van der Waals surface area contributed by atoms with E-state index in [1.807, 2.05) is 6.92 Å². The van der Waals surface area contributed by atoms with Crippen molar-refractivity contribution in [2.75, 3.05) is 32.7 Å². The zero-order valence-corrected chi connectivity index (χ0v) is 13.5. The van der Waals surface area contributed by atoms with E-state index in [2.05, 4.69) is 9.80 Å². The van der Waals surface area contributed by atoms with Crippen LogP contribution in [0.15, 0.2) is 18.2 Å². The fourth-order valence-electron chi connectivity index (χ4n) is 3.20. The van der Waals surface area contributed by atoms with Crippen molar-refractivity contribution in [2.45, 2.75) is 32.2 Å². The molecule has 1 aromatic rings. The molecule has 1 N–H and O–H groups in total. The van der Waals surface area contributed by atoms with Gasteiger partial charge in [-0.2, -0.15) is 0 Å². The number of aliphatic carboxylic acids is 1. The van der Waals surface area contributed by atoms with E-state index in [0.717, 1.165) is 45.2 Å². The van der Waals surface area contributed by atoms with E-state index in [0.29, 0.717) is 12.0 Å². The van der Waals surface area contributed by atoms with Gasteiger partial charge in [0, 0.05) is 50.3 Å². The van der Waals surface area contributed by atoms with Crippen molar-refractivity contribution in [2.24, 2.45) is 0 Å². The van der Waals surface area contributed by atoms with Crippen molar-refractivity contribution < 1.29 is 18.7 Å². The Bertz CT molecular complexity index is 531. The predicted octanol–water partition coefficient (Wildman–Crippen LogP) is 2.90. The van der Waals surface area contributed by atoms with Crippen molar-refractivity contribution in [3.63, 3.8) is 0 Å². The summed E-state index contributed by atoms with van der Waals surface area (Å²) in [5.74, 6) is -1.80. The first-order chi connectivity index (χ1) is 11.0. The Kier molecular flexibility index (Phi) is 6.47. The highest BCUT2D eigenvalue weighted by Gasteiger charge is 2.25. The molecule has 0 amide bonds. The van der Waals surface area contributed by atoms with E-state index in [-0.39, 0.29) is 12.5 Å². The van der Waals surface area contributed by atoms with E-state index in [1.54, 1.807) is 0 Å². The quantitative estimate of drug-likeness (QED) is 0.837. The second kappa shape index (κ2) is 8.36. The smallest absolute Gasteiger partial charge is 0.303 e. The molecule has 1 aliphatic rings. The van der Waals surface area contributed by atoms with Gasteiger partial charge < -0.3 is 10.0 Å². The Morgan fingerprint density at radius 2 is 1.96 bits per heavy atom. The molecule has 0 unspecified atom stereocenters. The highest BCUT2D eigenvalue weighted by molar-refractivity contribution is 5.66. The van der Waals surface area contributed by atoms with E-state index >= 15 is 0 Å². The van der Waals surface area contributed by atoms with Crippen LogP contribution in [0.3, 0.4) is 0 Å². The second-order valence-corrected chi connectivity index (χ2v) is 5.96. The molecule has 1 aliphatic heterocycles. The molecule has 2 rings (SSSR count). The van der Waals surface area contributed by atoms with Crippen LogP contribution >= 0.6 is 0 Å². The standard InChI is InChI=1S/C17H24F2N2O2/c1-2-16(14-6-5-13(18)12-15(14)19)21-10-8-20(9-11-21)7-3-4-17(22)23/h5-6,12,16H,2-4,7-11H2,1H3,(H,22,23)/t16-/m1/s1. The van der Waals surface area contributed by atoms with Crippen LogP contribution in [0, 0.1) is 11.6 Å². The van der Waals surface area contributed by atoms with Crippen LogP contribution < -0.4 is 0 Å². The SMILES string of the molecule is CC[C@H](c1ccc(F)cc1F)N1CCN(CCCC(=O)O)CC1. The first-order valence-corrected chi connectivity index (χ1v) is 8.14. The third-order valence-corrected chi connectivity index (χ3v) is 4.42. The molecular weight excluding hydrogens is 302 g/mol. The molecule has 6 heteroatoms. The Hall–Kier alpha value is -1.53. The Morgan fingerprint density at radius 3 is 2.52 bits per heavy atom. The largest absolute Gasteiger partial charge is 0.481 e. The Balaban J connectivity index is 1.90. The molecule has 0 aromatic heterocycles. The van der Waals surface area contributed by atoms with Gasteiger partial charge in [-0.25, -0.2) is 8.78 Å². The molecule has 0 spiro atoms. The molecule has 1 saturated heterocycles. The fourth-order valence-corrected chi connectivity index (χ4v) is 3.20. The third-order valence-electron chi connectivity index (χ3n) is 4.42. The number of nitrogens with zero attached hydrogens (tertiary/aromatic N) is 2. The van der Waals surface area contributed by atoms with Crippen molar-refractivity contribution in [1.29, 1.82) is 0 Å². The van der Waals surface area contributed by atoms with Gasteiger partial charge in [0.2, 0.25) is 0 Å². The van der Waals surface area contributed by atoms with Gasteiger partial charge in [0.1, 0.15) is 11.6 Å². The number of hydrogen-bond acceptors (Lipinski definition) is 3. The Morgan fingerprint density at radius 1 is 1.26 bits per heavy atom. The normalized spacial score (nSPS) is 18.0. The minimum Gasteiger partial charge on any atom is -0.481 e. The lowest BCUT2D eigenvalue weighted by molar-refractivity contribution is -0.137. The number of rotatable bonds is 7. The van der Waals surface area contributed by atoms with Crippen LogP contribution in [0.1, 0.15) is 37.8 Å². The lowest BCUT2D eigenvalue weighted by atomic mass is 10.0. The zero-order valence-electron chi connectivity index (χ0n) is 13.5. The van der Waals surface area contributed by atoms with Gasteiger partial charge in [0.15, 0.2) is 0 Å². The molecule has 1 atom stereocenters. The second-order valence-electron chi connectivity index (χ2n) is 5.96. The van der Waals surface area contributed by atoms with Crippen molar-refractivity contribution in [3.8, 4) is 0 Å². The summed E-state index contributed by atoms with van der Waals surface area (Å²) in [5, 5.41) is 8.67. The molecule has 23 heavy (non-hydrogen) atoms. The minimum absolute atomic E-state index is 0.0447. The van der Waals surface area contributed by atoms with Gasteiger partial charge in [0.05, 0.1) is 0 Å². The molecule has 128 valence electrons. The lowest BCUT2D eigenvalue weighted by Gasteiger charge is -2.39. The first-order valence-electron chi connectivity index (χ1n) is 8.14. The number of piperazine rings is 1. The van der Waals surface area contributed by atoms with E-state index in [1.165, 1.54) is 12.1 Å². The van der Waals surface area contributed by atoms with E-state index in [4.69, 9.17) is 5.11 Å². The van der Waals surface area contributed by atoms with E-state index < -0.39 is 17.6 Å². The highest BCUT2D eigenvalue weighted by Crippen LogP contribution is 2.28. The van der Waals surface area contributed by atoms with Crippen LogP contribution in [0.4, 0.5) is 8.78 Å². The molecule has 1 fully saturated rings. The van der Waals surface area contributed by atoms with Gasteiger partial charge in [0.25, 0.3) is 0 Å². The molecule has 0 aliphatic carbocycles. The molecule has 4 nitrogen and oxygen atoms in total. The number of benzene rings is 1. The zero-order chi connectivity index (χ0) is 16.8. The Labute approximate surface area is 135 Å². The summed E-state index contributed by atoms with van der Waals surface area (Å²) in [7, 11) is 0. The summed E-state index contributed by atoms with van der Waals surface area (Å²) in [6, 6.07) is 3.75. The third kappa shape index (κ3) is 4.97. The summed E-state index contributed by atoms with van der Waals surface area (Å²) in [4.78, 5) is 15.0. The van der Waals surface area contributed by atoms with Crippen molar-refractivity contribution >= 4 is 5.97 Å². The van der Waals surface area contributed by atoms with Gasteiger partial charge in [-0.1, -0.05) is 13.0 Å². The number of carboxylic acid groups (broad SMARTS) is 1. The number of halogens is 2. The van der Waals surface area contributed by atoms with Gasteiger partial charge in [-0.15, -0.1) is 0 Å².